The first-order valence-corrected chi connectivity index (χ1v) is 10.7. The third-order valence-corrected chi connectivity index (χ3v) is 6.09. The topological polar surface area (TPSA) is 78.3 Å². The van der Waals surface area contributed by atoms with E-state index in [1.807, 2.05) is 53.2 Å². The monoisotopic (exact) mass is 430 g/mol. The molecule has 0 bridgehead atoms. The molecule has 0 spiro atoms. The molecule has 1 atom stereocenters. The average Bonchev–Trinajstić information content (AvgIpc) is 3.21. The van der Waals surface area contributed by atoms with E-state index in [0.29, 0.717) is 18.2 Å². The lowest BCUT2D eigenvalue weighted by Gasteiger charge is -2.38. The van der Waals surface area contributed by atoms with Gasteiger partial charge in [-0.3, -0.25) is 4.79 Å². The number of benzene rings is 2. The van der Waals surface area contributed by atoms with Gasteiger partial charge in [-0.15, -0.1) is 5.10 Å². The van der Waals surface area contributed by atoms with Crippen LogP contribution >= 0.6 is 0 Å². The Morgan fingerprint density at radius 2 is 1.78 bits per heavy atom. The van der Waals surface area contributed by atoms with Gasteiger partial charge in [0, 0.05) is 23.3 Å². The van der Waals surface area contributed by atoms with Gasteiger partial charge in [0.05, 0.1) is 14.2 Å². The number of nitrogens with one attached hydrogen (secondary N) is 1. The van der Waals surface area contributed by atoms with Crippen LogP contribution in [0.1, 0.15) is 38.3 Å². The zero-order valence-electron chi connectivity index (χ0n) is 18.7. The molecule has 2 aromatic carbocycles. The van der Waals surface area contributed by atoms with Crippen LogP contribution in [0.3, 0.4) is 0 Å². The van der Waals surface area contributed by atoms with Gasteiger partial charge in [-0.25, -0.2) is 4.68 Å². The minimum atomic E-state index is -0.345. The van der Waals surface area contributed by atoms with Gasteiger partial charge in [-0.05, 0) is 41.7 Å². The zero-order chi connectivity index (χ0) is 22.5. The van der Waals surface area contributed by atoms with E-state index in [1.54, 1.807) is 14.2 Å². The summed E-state index contributed by atoms with van der Waals surface area (Å²) in [5, 5.41) is 8.25. The summed E-state index contributed by atoms with van der Waals surface area (Å²) in [5.74, 6) is 2.87. The molecular formula is C25H26N4O3. The average molecular weight is 431 g/mol. The molecule has 0 amide bonds. The minimum Gasteiger partial charge on any atom is -0.497 e. The van der Waals surface area contributed by atoms with Gasteiger partial charge < -0.3 is 14.8 Å². The lowest BCUT2D eigenvalue weighted by atomic mass is 9.73. The highest BCUT2D eigenvalue weighted by atomic mass is 16.5. The van der Waals surface area contributed by atoms with E-state index in [2.05, 4.69) is 19.2 Å². The van der Waals surface area contributed by atoms with Crippen molar-refractivity contribution in [3.63, 3.8) is 0 Å². The SMILES string of the molecule is COc1ccc([C@@H]2C3=C(CC(C)(C)CC3=O)Nc3nc(-c4cccc(OC)c4)nn32)cc1. The maximum absolute atomic E-state index is 13.3. The molecule has 5 rings (SSSR count). The van der Waals surface area contributed by atoms with Crippen LogP contribution in [0, 0.1) is 5.41 Å². The van der Waals surface area contributed by atoms with Crippen molar-refractivity contribution in [1.29, 1.82) is 0 Å². The second kappa shape index (κ2) is 7.51. The fourth-order valence-corrected chi connectivity index (χ4v) is 4.59. The summed E-state index contributed by atoms with van der Waals surface area (Å²) < 4.78 is 12.5. The Morgan fingerprint density at radius 3 is 2.50 bits per heavy atom. The summed E-state index contributed by atoms with van der Waals surface area (Å²) in [4.78, 5) is 18.1. The second-order valence-electron chi connectivity index (χ2n) is 9.07. The van der Waals surface area contributed by atoms with Crippen molar-refractivity contribution >= 4 is 11.7 Å². The molecule has 164 valence electrons. The summed E-state index contributed by atoms with van der Waals surface area (Å²) in [6, 6.07) is 15.1. The number of allylic oxidation sites excluding steroid dienone is 2. The molecular weight excluding hydrogens is 404 g/mol. The molecule has 1 aromatic heterocycles. The van der Waals surface area contributed by atoms with Crippen LogP contribution in [0.5, 0.6) is 11.5 Å². The molecule has 7 heteroatoms. The number of ketones is 1. The molecule has 0 saturated heterocycles. The van der Waals surface area contributed by atoms with Crippen molar-refractivity contribution in [3.05, 3.63) is 65.4 Å². The van der Waals surface area contributed by atoms with Gasteiger partial charge in [0.25, 0.3) is 0 Å². The fourth-order valence-electron chi connectivity index (χ4n) is 4.59. The number of methoxy groups -OCH3 is 2. The third-order valence-electron chi connectivity index (χ3n) is 6.09. The van der Waals surface area contributed by atoms with E-state index in [4.69, 9.17) is 19.6 Å². The molecule has 0 unspecified atom stereocenters. The standard InChI is InChI=1S/C25H26N4O3/c1-25(2)13-19-21(20(30)14-25)22(15-8-10-17(31-3)11-9-15)29-24(26-19)27-23(28-29)16-6-5-7-18(12-16)32-4/h5-12,22H,13-14H2,1-4H3,(H,26,27,28)/t22-/m1/s1. The van der Waals surface area contributed by atoms with Gasteiger partial charge in [0.15, 0.2) is 11.6 Å². The van der Waals surface area contributed by atoms with Crippen LogP contribution in [-0.2, 0) is 4.79 Å². The maximum Gasteiger partial charge on any atom is 0.226 e. The number of carbonyl (C=O) groups excluding carboxylic acids is 1. The quantitative estimate of drug-likeness (QED) is 0.651. The molecule has 0 fully saturated rings. The summed E-state index contributed by atoms with van der Waals surface area (Å²) >= 11 is 0. The second-order valence-corrected chi connectivity index (χ2v) is 9.07. The predicted molar refractivity (Wildman–Crippen MR) is 122 cm³/mol. The minimum absolute atomic E-state index is 0.106. The molecule has 2 heterocycles. The number of carbonyl (C=O) groups is 1. The van der Waals surface area contributed by atoms with Crippen LogP contribution in [-0.4, -0.2) is 34.8 Å². The number of nitrogens with zero attached hydrogens (tertiary/aromatic N) is 3. The first-order valence-electron chi connectivity index (χ1n) is 10.7. The number of hydrogen-bond donors (Lipinski definition) is 1. The Hall–Kier alpha value is -3.61. The van der Waals surface area contributed by atoms with E-state index < -0.39 is 0 Å². The molecule has 0 radical (unpaired) electrons. The van der Waals surface area contributed by atoms with Crippen LogP contribution in [0.15, 0.2) is 59.8 Å². The molecule has 32 heavy (non-hydrogen) atoms. The van der Waals surface area contributed by atoms with Gasteiger partial charge in [0.1, 0.15) is 17.5 Å². The summed E-state index contributed by atoms with van der Waals surface area (Å²) in [5.41, 5.74) is 3.42. The lowest BCUT2D eigenvalue weighted by Crippen LogP contribution is -2.36. The van der Waals surface area contributed by atoms with Crippen LogP contribution in [0.2, 0.25) is 0 Å². The van der Waals surface area contributed by atoms with Crippen LogP contribution < -0.4 is 14.8 Å². The summed E-state index contributed by atoms with van der Waals surface area (Å²) in [6.45, 7) is 4.25. The van der Waals surface area contributed by atoms with Crippen molar-refractivity contribution < 1.29 is 14.3 Å². The van der Waals surface area contributed by atoms with E-state index in [-0.39, 0.29) is 17.2 Å². The first kappa shape index (κ1) is 20.3. The molecule has 0 saturated carbocycles. The molecule has 3 aromatic rings. The Morgan fingerprint density at radius 1 is 1.03 bits per heavy atom. The molecule has 2 aliphatic rings. The number of anilines is 1. The van der Waals surface area contributed by atoms with E-state index in [0.717, 1.165) is 40.3 Å². The third kappa shape index (κ3) is 3.43. The number of rotatable bonds is 4. The van der Waals surface area contributed by atoms with Gasteiger partial charge in [0.2, 0.25) is 5.95 Å². The van der Waals surface area contributed by atoms with Crippen molar-refractivity contribution in [2.45, 2.75) is 32.7 Å². The molecule has 1 aliphatic carbocycles. The highest BCUT2D eigenvalue weighted by Gasteiger charge is 2.41. The van der Waals surface area contributed by atoms with Crippen molar-refractivity contribution in [2.75, 3.05) is 19.5 Å². The van der Waals surface area contributed by atoms with E-state index in [9.17, 15) is 4.79 Å². The number of fused-ring (bicyclic) bond motifs is 1. The Kier molecular flexibility index (Phi) is 4.77. The highest BCUT2D eigenvalue weighted by Crippen LogP contribution is 2.45. The first-order chi connectivity index (χ1) is 15.4. The van der Waals surface area contributed by atoms with Gasteiger partial charge >= 0.3 is 0 Å². The van der Waals surface area contributed by atoms with Crippen molar-refractivity contribution in [1.82, 2.24) is 14.8 Å². The molecule has 1 N–H and O–H groups in total. The number of Topliss-reactive ketones (excluding diaryl/α,β-unsaturated/α-hetero) is 1. The Bertz CT molecular complexity index is 1220. The highest BCUT2D eigenvalue weighted by molar-refractivity contribution is 6.00. The number of aromatic nitrogens is 3. The summed E-state index contributed by atoms with van der Waals surface area (Å²) in [6.07, 6.45) is 1.29. The number of ether oxygens (including phenoxy) is 2. The predicted octanol–water partition coefficient (Wildman–Crippen LogP) is 4.62. The summed E-state index contributed by atoms with van der Waals surface area (Å²) in [7, 11) is 3.28. The zero-order valence-corrected chi connectivity index (χ0v) is 18.7. The van der Waals surface area contributed by atoms with Crippen molar-refractivity contribution in [3.8, 4) is 22.9 Å². The van der Waals surface area contributed by atoms with E-state index >= 15 is 0 Å². The normalized spacial score (nSPS) is 19.1. The van der Waals surface area contributed by atoms with E-state index in [1.165, 1.54) is 0 Å². The Balaban J connectivity index is 1.65. The van der Waals surface area contributed by atoms with Crippen LogP contribution in [0.4, 0.5) is 5.95 Å². The van der Waals surface area contributed by atoms with Crippen molar-refractivity contribution in [2.24, 2.45) is 5.41 Å². The van der Waals surface area contributed by atoms with Crippen LogP contribution in [0.25, 0.3) is 11.4 Å². The maximum atomic E-state index is 13.3. The molecule has 7 nitrogen and oxygen atoms in total. The largest absolute Gasteiger partial charge is 0.497 e. The number of hydrogen-bond acceptors (Lipinski definition) is 6. The Labute approximate surface area is 187 Å². The fraction of sp³-hybridized carbons (Fsp3) is 0.320. The van der Waals surface area contributed by atoms with Gasteiger partial charge in [-0.2, -0.15) is 4.98 Å². The smallest absolute Gasteiger partial charge is 0.226 e. The van der Waals surface area contributed by atoms with Gasteiger partial charge in [-0.1, -0.05) is 38.1 Å². The molecule has 1 aliphatic heterocycles. The lowest BCUT2D eigenvalue weighted by molar-refractivity contribution is -0.118.